The first kappa shape index (κ1) is 17.0. The molecule has 0 radical (unpaired) electrons. The van der Waals surface area contributed by atoms with Crippen molar-refractivity contribution in [1.82, 2.24) is 9.88 Å². The Balaban J connectivity index is 1.64. The molecule has 0 unspecified atom stereocenters. The van der Waals surface area contributed by atoms with Crippen LogP contribution in [-0.4, -0.2) is 62.4 Å². The van der Waals surface area contributed by atoms with Crippen LogP contribution in [0.4, 0.5) is 5.82 Å². The molecule has 0 amide bonds. The van der Waals surface area contributed by atoms with Gasteiger partial charge in [-0.05, 0) is 44.2 Å². The van der Waals surface area contributed by atoms with Crippen molar-refractivity contribution in [3.05, 3.63) is 30.3 Å². The fraction of sp³-hybridized carbons (Fsp3) is 0.526. The second-order valence-electron chi connectivity index (χ2n) is 6.67. The number of methoxy groups -OCH3 is 1. The second-order valence-corrected chi connectivity index (χ2v) is 6.67. The van der Waals surface area contributed by atoms with Crippen molar-refractivity contribution in [3.8, 4) is 5.75 Å². The topological polar surface area (TPSA) is 37.8 Å². The van der Waals surface area contributed by atoms with Gasteiger partial charge in [-0.1, -0.05) is 0 Å². The standard InChI is InChI=1S/C19H27N3O2/c1-14-12-22(13-15(2)24-14)10-9-21(3)19-8-5-16-11-17(23-4)6-7-18(16)20-19/h5-8,11,14-15H,9-10,12-13H2,1-4H3/t14-,15+. The number of morpholine rings is 1. The Morgan fingerprint density at radius 1 is 1.21 bits per heavy atom. The van der Waals surface area contributed by atoms with Crippen LogP contribution < -0.4 is 9.64 Å². The van der Waals surface area contributed by atoms with E-state index in [1.165, 1.54) is 0 Å². The minimum Gasteiger partial charge on any atom is -0.497 e. The van der Waals surface area contributed by atoms with Gasteiger partial charge < -0.3 is 14.4 Å². The van der Waals surface area contributed by atoms with Gasteiger partial charge in [-0.2, -0.15) is 0 Å². The number of likely N-dealkylation sites (N-methyl/N-ethyl adjacent to an activating group) is 1. The zero-order valence-electron chi connectivity index (χ0n) is 15.0. The van der Waals surface area contributed by atoms with Gasteiger partial charge in [0.1, 0.15) is 11.6 Å². The number of nitrogens with zero attached hydrogens (tertiary/aromatic N) is 3. The molecule has 24 heavy (non-hydrogen) atoms. The molecule has 5 nitrogen and oxygen atoms in total. The van der Waals surface area contributed by atoms with Crippen molar-refractivity contribution < 1.29 is 9.47 Å². The average molecular weight is 329 g/mol. The molecule has 2 heterocycles. The molecular formula is C19H27N3O2. The molecule has 1 aromatic carbocycles. The first-order valence-corrected chi connectivity index (χ1v) is 8.59. The van der Waals surface area contributed by atoms with E-state index in [4.69, 9.17) is 14.5 Å². The van der Waals surface area contributed by atoms with Gasteiger partial charge in [0.15, 0.2) is 0 Å². The summed E-state index contributed by atoms with van der Waals surface area (Å²) >= 11 is 0. The van der Waals surface area contributed by atoms with Crippen LogP contribution in [0, 0.1) is 0 Å². The molecule has 1 aliphatic heterocycles. The monoisotopic (exact) mass is 329 g/mol. The van der Waals surface area contributed by atoms with Crippen LogP contribution in [0.1, 0.15) is 13.8 Å². The average Bonchev–Trinajstić information content (AvgIpc) is 2.58. The minimum absolute atomic E-state index is 0.313. The summed E-state index contributed by atoms with van der Waals surface area (Å²) in [6, 6.07) is 10.2. The molecule has 3 rings (SSSR count). The van der Waals surface area contributed by atoms with E-state index >= 15 is 0 Å². The molecular weight excluding hydrogens is 302 g/mol. The number of pyridine rings is 1. The van der Waals surface area contributed by atoms with Gasteiger partial charge in [0.05, 0.1) is 24.8 Å². The molecule has 0 saturated carbocycles. The van der Waals surface area contributed by atoms with Gasteiger partial charge in [0, 0.05) is 38.6 Å². The molecule has 0 bridgehead atoms. The lowest BCUT2D eigenvalue weighted by Crippen LogP contribution is -2.47. The lowest BCUT2D eigenvalue weighted by atomic mass is 10.2. The van der Waals surface area contributed by atoms with Crippen molar-refractivity contribution in [3.63, 3.8) is 0 Å². The van der Waals surface area contributed by atoms with Crippen LogP contribution in [0.2, 0.25) is 0 Å². The van der Waals surface area contributed by atoms with E-state index in [9.17, 15) is 0 Å². The molecule has 1 aromatic heterocycles. The number of anilines is 1. The van der Waals surface area contributed by atoms with Crippen molar-refractivity contribution in [2.24, 2.45) is 0 Å². The lowest BCUT2D eigenvalue weighted by Gasteiger charge is -2.36. The smallest absolute Gasteiger partial charge is 0.129 e. The Morgan fingerprint density at radius 3 is 2.67 bits per heavy atom. The van der Waals surface area contributed by atoms with Crippen LogP contribution in [0.5, 0.6) is 5.75 Å². The predicted octanol–water partition coefficient (Wildman–Crippen LogP) is 2.79. The first-order valence-electron chi connectivity index (χ1n) is 8.59. The predicted molar refractivity (Wildman–Crippen MR) is 98.0 cm³/mol. The highest BCUT2D eigenvalue weighted by Gasteiger charge is 2.22. The number of hydrogen-bond donors (Lipinski definition) is 0. The van der Waals surface area contributed by atoms with Crippen molar-refractivity contribution >= 4 is 16.7 Å². The summed E-state index contributed by atoms with van der Waals surface area (Å²) in [6.07, 6.45) is 0.626. The highest BCUT2D eigenvalue weighted by Crippen LogP contribution is 2.22. The Labute approximate surface area is 144 Å². The third kappa shape index (κ3) is 3.97. The fourth-order valence-electron chi connectivity index (χ4n) is 3.31. The Morgan fingerprint density at radius 2 is 1.96 bits per heavy atom. The third-order valence-corrected chi connectivity index (χ3v) is 4.52. The maximum Gasteiger partial charge on any atom is 0.129 e. The summed E-state index contributed by atoms with van der Waals surface area (Å²) in [7, 11) is 3.79. The largest absolute Gasteiger partial charge is 0.497 e. The molecule has 1 fully saturated rings. The van der Waals surface area contributed by atoms with E-state index in [1.54, 1.807) is 7.11 Å². The number of rotatable bonds is 5. The second kappa shape index (κ2) is 7.36. The van der Waals surface area contributed by atoms with Crippen LogP contribution >= 0.6 is 0 Å². The van der Waals surface area contributed by atoms with Gasteiger partial charge in [0.25, 0.3) is 0 Å². The molecule has 2 atom stereocenters. The van der Waals surface area contributed by atoms with Crippen LogP contribution in [0.15, 0.2) is 30.3 Å². The van der Waals surface area contributed by atoms with Crippen molar-refractivity contribution in [1.29, 1.82) is 0 Å². The zero-order valence-corrected chi connectivity index (χ0v) is 15.0. The Hall–Kier alpha value is -1.85. The third-order valence-electron chi connectivity index (χ3n) is 4.52. The molecule has 5 heteroatoms. The summed E-state index contributed by atoms with van der Waals surface area (Å²) in [4.78, 5) is 9.46. The van der Waals surface area contributed by atoms with E-state index in [-0.39, 0.29) is 0 Å². The first-order chi connectivity index (χ1) is 11.5. The van der Waals surface area contributed by atoms with Gasteiger partial charge in [-0.3, -0.25) is 4.90 Å². The molecule has 1 saturated heterocycles. The zero-order chi connectivity index (χ0) is 17.1. The molecule has 0 spiro atoms. The van der Waals surface area contributed by atoms with E-state index < -0.39 is 0 Å². The molecule has 130 valence electrons. The molecule has 0 aliphatic carbocycles. The molecule has 1 aliphatic rings. The summed E-state index contributed by atoms with van der Waals surface area (Å²) in [5.74, 6) is 1.86. The maximum absolute atomic E-state index is 5.80. The van der Waals surface area contributed by atoms with Crippen molar-refractivity contribution in [2.75, 3.05) is 45.2 Å². The van der Waals surface area contributed by atoms with Gasteiger partial charge in [-0.15, -0.1) is 0 Å². The van der Waals surface area contributed by atoms with Gasteiger partial charge in [0.2, 0.25) is 0 Å². The van der Waals surface area contributed by atoms with Crippen LogP contribution in [0.25, 0.3) is 10.9 Å². The number of ether oxygens (including phenoxy) is 2. The quantitative estimate of drug-likeness (QED) is 0.843. The summed E-state index contributed by atoms with van der Waals surface area (Å²) in [6.45, 7) is 8.27. The van der Waals surface area contributed by atoms with Gasteiger partial charge in [-0.25, -0.2) is 4.98 Å². The van der Waals surface area contributed by atoms with E-state index in [0.717, 1.165) is 48.6 Å². The van der Waals surface area contributed by atoms with E-state index in [2.05, 4.69) is 42.8 Å². The SMILES string of the molecule is COc1ccc2nc(N(C)CCN3C[C@@H](C)O[C@@H](C)C3)ccc2c1. The normalized spacial score (nSPS) is 21.8. The minimum atomic E-state index is 0.313. The fourth-order valence-corrected chi connectivity index (χ4v) is 3.31. The maximum atomic E-state index is 5.80. The molecule has 0 N–H and O–H groups in total. The highest BCUT2D eigenvalue weighted by atomic mass is 16.5. The summed E-state index contributed by atoms with van der Waals surface area (Å²) in [5.41, 5.74) is 0.994. The molecule has 2 aromatic rings. The number of fused-ring (bicyclic) bond motifs is 1. The van der Waals surface area contributed by atoms with Gasteiger partial charge >= 0.3 is 0 Å². The lowest BCUT2D eigenvalue weighted by molar-refractivity contribution is -0.0670. The Bertz CT molecular complexity index is 681. The number of benzene rings is 1. The van der Waals surface area contributed by atoms with Crippen LogP contribution in [0.3, 0.4) is 0 Å². The van der Waals surface area contributed by atoms with E-state index in [0.29, 0.717) is 12.2 Å². The number of aromatic nitrogens is 1. The van der Waals surface area contributed by atoms with E-state index in [1.807, 2.05) is 18.2 Å². The number of hydrogen-bond acceptors (Lipinski definition) is 5. The van der Waals surface area contributed by atoms with Crippen molar-refractivity contribution in [2.45, 2.75) is 26.1 Å². The highest BCUT2D eigenvalue weighted by molar-refractivity contribution is 5.81. The summed E-state index contributed by atoms with van der Waals surface area (Å²) < 4.78 is 11.1. The Kier molecular flexibility index (Phi) is 5.21. The van der Waals surface area contributed by atoms with Crippen LogP contribution in [-0.2, 0) is 4.74 Å². The summed E-state index contributed by atoms with van der Waals surface area (Å²) in [5, 5.41) is 1.10.